The van der Waals surface area contributed by atoms with Crippen LogP contribution < -0.4 is 4.52 Å². The van der Waals surface area contributed by atoms with Crippen LogP contribution in [0.2, 0.25) is 0 Å². The highest BCUT2D eigenvalue weighted by atomic mass is 32.7. The molecule has 0 heterocycles. The zero-order chi connectivity index (χ0) is 11.5. The summed E-state index contributed by atoms with van der Waals surface area (Å²) in [5.74, 6) is 0.126. The van der Waals surface area contributed by atoms with Crippen LogP contribution in [0, 0.1) is 10.1 Å². The predicted molar refractivity (Wildman–Crippen MR) is 57.1 cm³/mol. The quantitative estimate of drug-likeness (QED) is 0.500. The Bertz CT molecular complexity index is 406. The molecular formula is C7H8NO5PS. The van der Waals surface area contributed by atoms with Gasteiger partial charge in [-0.1, -0.05) is 0 Å². The van der Waals surface area contributed by atoms with E-state index in [0.717, 1.165) is 0 Å². The fourth-order valence-corrected chi connectivity index (χ4v) is 1.74. The van der Waals surface area contributed by atoms with Crippen molar-refractivity contribution >= 4 is 23.9 Å². The van der Waals surface area contributed by atoms with Gasteiger partial charge < -0.3 is 9.42 Å². The van der Waals surface area contributed by atoms with E-state index in [1.807, 2.05) is 0 Å². The van der Waals surface area contributed by atoms with Gasteiger partial charge >= 0.3 is 6.80 Å². The van der Waals surface area contributed by atoms with E-state index in [1.54, 1.807) is 0 Å². The summed E-state index contributed by atoms with van der Waals surface area (Å²) in [6.45, 7) is -3.69. The Hall–Kier alpha value is -1.04. The topological polar surface area (TPSA) is 89.7 Å². The van der Waals surface area contributed by atoms with E-state index in [2.05, 4.69) is 0 Å². The highest BCUT2D eigenvalue weighted by molar-refractivity contribution is 8.54. The molecule has 8 heteroatoms. The van der Waals surface area contributed by atoms with Crippen LogP contribution in [0.1, 0.15) is 0 Å². The molecule has 0 spiro atoms. The van der Waals surface area contributed by atoms with Gasteiger partial charge in [0.15, 0.2) is 0 Å². The molecule has 82 valence electrons. The van der Waals surface area contributed by atoms with Crippen LogP contribution in [0.4, 0.5) is 5.69 Å². The first-order valence-corrected chi connectivity index (χ1v) is 7.18. The maximum absolute atomic E-state index is 11.1. The number of non-ortho nitro benzene ring substituents is 1. The van der Waals surface area contributed by atoms with Crippen LogP contribution in [0.15, 0.2) is 24.3 Å². The first-order chi connectivity index (χ1) is 6.94. The molecule has 1 N–H and O–H groups in total. The summed E-state index contributed by atoms with van der Waals surface area (Å²) in [6, 6.07) is 4.96. The molecular weight excluding hydrogens is 241 g/mol. The Balaban J connectivity index is 2.82. The van der Waals surface area contributed by atoms with Gasteiger partial charge in [-0.3, -0.25) is 10.1 Å². The molecule has 0 aliphatic rings. The molecule has 1 aromatic carbocycles. The minimum absolute atomic E-state index is 0.0979. The summed E-state index contributed by atoms with van der Waals surface area (Å²) in [5.41, 5.74) is -0.0979. The minimum atomic E-state index is -3.69. The normalized spacial score (nSPS) is 14.3. The molecule has 0 amide bonds. The lowest BCUT2D eigenvalue weighted by Gasteiger charge is -2.09. The van der Waals surface area contributed by atoms with E-state index in [9.17, 15) is 14.7 Å². The fourth-order valence-electron chi connectivity index (χ4n) is 0.799. The number of benzene rings is 1. The largest absolute Gasteiger partial charge is 0.437 e. The molecule has 0 aliphatic carbocycles. The first-order valence-electron chi connectivity index (χ1n) is 3.77. The minimum Gasteiger partial charge on any atom is -0.417 e. The number of nitrogens with zero attached hydrogens (tertiary/aromatic N) is 1. The zero-order valence-electron chi connectivity index (χ0n) is 7.69. The average molecular weight is 249 g/mol. The van der Waals surface area contributed by atoms with E-state index >= 15 is 0 Å². The molecule has 0 radical (unpaired) electrons. The van der Waals surface area contributed by atoms with Gasteiger partial charge in [-0.25, -0.2) is 4.57 Å². The third-order valence-electron chi connectivity index (χ3n) is 1.50. The molecule has 0 bridgehead atoms. The number of hydrogen-bond acceptors (Lipinski definition) is 5. The van der Waals surface area contributed by atoms with Crippen molar-refractivity contribution in [3.05, 3.63) is 34.4 Å². The predicted octanol–water partition coefficient (Wildman–Crippen LogP) is 2.44. The molecule has 15 heavy (non-hydrogen) atoms. The van der Waals surface area contributed by atoms with E-state index in [1.165, 1.54) is 30.5 Å². The Morgan fingerprint density at radius 1 is 1.47 bits per heavy atom. The molecule has 1 aromatic rings. The van der Waals surface area contributed by atoms with Crippen LogP contribution in [0.5, 0.6) is 5.75 Å². The summed E-state index contributed by atoms with van der Waals surface area (Å²) in [4.78, 5) is 18.9. The standard InChI is InChI=1S/C7H8NO5PS/c1-15-14(11,12)13-7-4-2-6(3-5-7)8(9)10/h2-5H,1H3,(H,11,12). The van der Waals surface area contributed by atoms with Crippen molar-refractivity contribution in [1.29, 1.82) is 0 Å². The van der Waals surface area contributed by atoms with Crippen molar-refractivity contribution in [2.75, 3.05) is 6.26 Å². The zero-order valence-corrected chi connectivity index (χ0v) is 9.40. The average Bonchev–Trinajstić information content (AvgIpc) is 2.18. The molecule has 1 atom stereocenters. The number of hydrogen-bond donors (Lipinski definition) is 1. The third kappa shape index (κ3) is 3.54. The molecule has 1 rings (SSSR count). The summed E-state index contributed by atoms with van der Waals surface area (Å²) < 4.78 is 15.9. The van der Waals surface area contributed by atoms with Gasteiger partial charge in [0.1, 0.15) is 5.75 Å². The molecule has 6 nitrogen and oxygen atoms in total. The van der Waals surface area contributed by atoms with E-state index in [4.69, 9.17) is 9.42 Å². The number of rotatable bonds is 4. The first kappa shape index (κ1) is 12.0. The lowest BCUT2D eigenvalue weighted by molar-refractivity contribution is -0.384. The van der Waals surface area contributed by atoms with Gasteiger partial charge in [0.2, 0.25) is 0 Å². The van der Waals surface area contributed by atoms with Crippen LogP contribution in [0.25, 0.3) is 0 Å². The van der Waals surface area contributed by atoms with E-state index < -0.39 is 11.7 Å². The maximum Gasteiger partial charge on any atom is 0.437 e. The second-order valence-corrected chi connectivity index (χ2v) is 6.46. The highest BCUT2D eigenvalue weighted by Gasteiger charge is 2.19. The Morgan fingerprint density at radius 3 is 2.40 bits per heavy atom. The molecule has 0 saturated carbocycles. The van der Waals surface area contributed by atoms with Gasteiger partial charge in [0.25, 0.3) is 5.69 Å². The van der Waals surface area contributed by atoms with Crippen molar-refractivity contribution in [2.45, 2.75) is 0 Å². The second kappa shape index (κ2) is 4.65. The second-order valence-electron chi connectivity index (χ2n) is 2.49. The molecule has 0 aliphatic heterocycles. The van der Waals surface area contributed by atoms with Crippen molar-refractivity contribution in [1.82, 2.24) is 0 Å². The van der Waals surface area contributed by atoms with E-state index in [0.29, 0.717) is 11.4 Å². The van der Waals surface area contributed by atoms with Crippen LogP contribution in [-0.2, 0) is 4.57 Å². The maximum atomic E-state index is 11.1. The number of nitro benzene ring substituents is 1. The Labute approximate surface area is 89.7 Å². The Kier molecular flexibility index (Phi) is 3.73. The molecule has 0 saturated heterocycles. The molecule has 0 aromatic heterocycles. The Morgan fingerprint density at radius 2 is 2.00 bits per heavy atom. The summed E-state index contributed by atoms with van der Waals surface area (Å²) in [5, 5.41) is 10.3. The lowest BCUT2D eigenvalue weighted by atomic mass is 10.3. The van der Waals surface area contributed by atoms with E-state index in [-0.39, 0.29) is 11.4 Å². The van der Waals surface area contributed by atoms with Gasteiger partial charge in [-0.15, -0.1) is 0 Å². The smallest absolute Gasteiger partial charge is 0.417 e. The summed E-state index contributed by atoms with van der Waals surface area (Å²) in [6.07, 6.45) is 1.44. The van der Waals surface area contributed by atoms with Crippen molar-refractivity contribution in [2.24, 2.45) is 0 Å². The molecule has 1 unspecified atom stereocenters. The monoisotopic (exact) mass is 249 g/mol. The van der Waals surface area contributed by atoms with Crippen molar-refractivity contribution in [3.63, 3.8) is 0 Å². The SMILES string of the molecule is CSP(=O)(O)Oc1ccc([N+](=O)[O-])cc1. The van der Waals surface area contributed by atoms with Crippen molar-refractivity contribution in [3.8, 4) is 5.75 Å². The van der Waals surface area contributed by atoms with Gasteiger partial charge in [-0.2, -0.15) is 0 Å². The van der Waals surface area contributed by atoms with Crippen LogP contribution in [-0.4, -0.2) is 16.1 Å². The summed E-state index contributed by atoms with van der Waals surface area (Å²) >= 11 is 0.687. The summed E-state index contributed by atoms with van der Waals surface area (Å²) in [7, 11) is 0. The highest BCUT2D eigenvalue weighted by Crippen LogP contribution is 2.53. The number of nitro groups is 1. The third-order valence-corrected chi connectivity index (χ3v) is 4.01. The van der Waals surface area contributed by atoms with Crippen LogP contribution in [0.3, 0.4) is 0 Å². The van der Waals surface area contributed by atoms with Gasteiger partial charge in [-0.05, 0) is 29.8 Å². The fraction of sp³-hybridized carbons (Fsp3) is 0.143. The van der Waals surface area contributed by atoms with Crippen LogP contribution >= 0.6 is 18.2 Å². The lowest BCUT2D eigenvalue weighted by Crippen LogP contribution is -1.90. The van der Waals surface area contributed by atoms with Gasteiger partial charge in [0.05, 0.1) is 4.92 Å². The van der Waals surface area contributed by atoms with Gasteiger partial charge in [0, 0.05) is 12.1 Å². The molecule has 0 fully saturated rings. The van der Waals surface area contributed by atoms with Crippen molar-refractivity contribution < 1.29 is 18.9 Å².